The van der Waals surface area contributed by atoms with Gasteiger partial charge in [-0.3, -0.25) is 14.2 Å². The van der Waals surface area contributed by atoms with Crippen molar-refractivity contribution in [3.63, 3.8) is 0 Å². The zero-order chi connectivity index (χ0) is 21.0. The SMILES string of the molecule is COc1ccc(CC(=O)OCC(=O)c2cc(C)n(-c3nccs3)c2C)c(OC)c1. The Morgan fingerprint density at radius 1 is 1.14 bits per heavy atom. The van der Waals surface area contributed by atoms with Gasteiger partial charge in [-0.1, -0.05) is 6.07 Å². The van der Waals surface area contributed by atoms with Crippen LogP contribution in [0.2, 0.25) is 0 Å². The lowest BCUT2D eigenvalue weighted by molar-refractivity contribution is -0.141. The Hall–Kier alpha value is -3.13. The molecule has 0 N–H and O–H groups in total. The Bertz CT molecular complexity index is 1020. The van der Waals surface area contributed by atoms with Crippen LogP contribution in [-0.2, 0) is 16.0 Å². The number of carbonyl (C=O) groups is 2. The van der Waals surface area contributed by atoms with Crippen LogP contribution in [0, 0.1) is 13.8 Å². The van der Waals surface area contributed by atoms with E-state index in [2.05, 4.69) is 4.98 Å². The van der Waals surface area contributed by atoms with Crippen molar-refractivity contribution >= 4 is 23.1 Å². The van der Waals surface area contributed by atoms with Crippen molar-refractivity contribution in [2.24, 2.45) is 0 Å². The average Bonchev–Trinajstić information content (AvgIpc) is 3.34. The van der Waals surface area contributed by atoms with E-state index in [-0.39, 0.29) is 18.8 Å². The van der Waals surface area contributed by atoms with Crippen LogP contribution in [0.4, 0.5) is 0 Å². The molecule has 0 bridgehead atoms. The van der Waals surface area contributed by atoms with Crippen LogP contribution >= 0.6 is 11.3 Å². The number of ether oxygens (including phenoxy) is 3. The maximum atomic E-state index is 12.6. The van der Waals surface area contributed by atoms with Gasteiger partial charge in [0.2, 0.25) is 5.78 Å². The van der Waals surface area contributed by atoms with E-state index in [9.17, 15) is 9.59 Å². The molecule has 0 saturated heterocycles. The maximum absolute atomic E-state index is 12.6. The number of Topliss-reactive ketones (excluding diaryl/α,β-unsaturated/α-hetero) is 1. The second-order valence-corrected chi connectivity index (χ2v) is 7.25. The van der Waals surface area contributed by atoms with Gasteiger partial charge in [0, 0.05) is 40.2 Å². The van der Waals surface area contributed by atoms with Gasteiger partial charge < -0.3 is 14.2 Å². The number of nitrogens with zero attached hydrogens (tertiary/aromatic N) is 2. The van der Waals surface area contributed by atoms with Crippen molar-refractivity contribution in [1.29, 1.82) is 0 Å². The number of ketones is 1. The Balaban J connectivity index is 1.66. The predicted molar refractivity (Wildman–Crippen MR) is 109 cm³/mol. The number of thiazole rings is 1. The van der Waals surface area contributed by atoms with Gasteiger partial charge in [-0.15, -0.1) is 11.3 Å². The molecule has 0 amide bonds. The summed E-state index contributed by atoms with van der Waals surface area (Å²) >= 11 is 1.49. The van der Waals surface area contributed by atoms with Crippen molar-refractivity contribution in [3.8, 4) is 16.6 Å². The molecule has 0 fully saturated rings. The van der Waals surface area contributed by atoms with Gasteiger partial charge >= 0.3 is 5.97 Å². The molecular weight excluding hydrogens is 392 g/mol. The second kappa shape index (κ2) is 8.91. The third-order valence-electron chi connectivity index (χ3n) is 4.54. The first-order valence-corrected chi connectivity index (χ1v) is 9.81. The normalized spacial score (nSPS) is 10.6. The van der Waals surface area contributed by atoms with Crippen LogP contribution in [0.15, 0.2) is 35.8 Å². The molecule has 29 heavy (non-hydrogen) atoms. The third-order valence-corrected chi connectivity index (χ3v) is 5.29. The predicted octanol–water partition coefficient (Wildman–Crippen LogP) is 3.54. The quantitative estimate of drug-likeness (QED) is 0.414. The minimum Gasteiger partial charge on any atom is -0.497 e. The summed E-state index contributed by atoms with van der Waals surface area (Å²) in [6.07, 6.45) is 1.72. The van der Waals surface area contributed by atoms with Crippen LogP contribution in [0.1, 0.15) is 27.3 Å². The summed E-state index contributed by atoms with van der Waals surface area (Å²) in [6, 6.07) is 6.97. The zero-order valence-electron chi connectivity index (χ0n) is 16.7. The first-order valence-electron chi connectivity index (χ1n) is 8.93. The second-order valence-electron chi connectivity index (χ2n) is 6.37. The molecule has 2 heterocycles. The summed E-state index contributed by atoms with van der Waals surface area (Å²) in [7, 11) is 3.07. The summed E-state index contributed by atoms with van der Waals surface area (Å²) in [4.78, 5) is 29.1. The number of esters is 1. The molecule has 1 aromatic carbocycles. The number of aromatic nitrogens is 2. The summed E-state index contributed by atoms with van der Waals surface area (Å²) in [6.45, 7) is 3.44. The number of hydrogen-bond donors (Lipinski definition) is 0. The van der Waals surface area contributed by atoms with Gasteiger partial charge in [-0.2, -0.15) is 0 Å². The van der Waals surface area contributed by atoms with Crippen LogP contribution in [0.3, 0.4) is 0 Å². The minimum absolute atomic E-state index is 0.00140. The van der Waals surface area contributed by atoms with Gasteiger partial charge in [0.25, 0.3) is 0 Å². The van der Waals surface area contributed by atoms with Gasteiger partial charge in [0.05, 0.1) is 20.6 Å². The fourth-order valence-corrected chi connectivity index (χ4v) is 3.85. The van der Waals surface area contributed by atoms with Gasteiger partial charge in [-0.25, -0.2) is 4.98 Å². The minimum atomic E-state index is -0.504. The Morgan fingerprint density at radius 3 is 2.59 bits per heavy atom. The molecule has 152 valence electrons. The van der Waals surface area contributed by atoms with Crippen LogP contribution in [0.5, 0.6) is 11.5 Å². The molecule has 0 spiro atoms. The standard InChI is InChI=1S/C21H22N2O5S/c1-13-9-17(14(2)23(13)21-22-7-8-29-21)18(24)12-28-20(25)10-15-5-6-16(26-3)11-19(15)27-4/h5-9,11H,10,12H2,1-4H3. The van der Waals surface area contributed by atoms with E-state index in [0.29, 0.717) is 22.6 Å². The van der Waals surface area contributed by atoms with E-state index in [1.807, 2.05) is 23.8 Å². The van der Waals surface area contributed by atoms with Gasteiger partial charge in [0.15, 0.2) is 11.7 Å². The summed E-state index contributed by atoms with van der Waals surface area (Å²) in [5.74, 6) is 0.399. The molecule has 0 unspecified atom stereocenters. The van der Waals surface area contributed by atoms with Gasteiger partial charge in [-0.05, 0) is 26.0 Å². The Labute approximate surface area is 172 Å². The molecule has 3 rings (SSSR count). The van der Waals surface area contributed by atoms with Crippen LogP contribution < -0.4 is 9.47 Å². The lowest BCUT2D eigenvalue weighted by Crippen LogP contribution is -2.16. The molecule has 7 nitrogen and oxygen atoms in total. The average molecular weight is 414 g/mol. The van der Waals surface area contributed by atoms with Gasteiger partial charge in [0.1, 0.15) is 11.5 Å². The number of rotatable bonds is 8. The molecule has 0 atom stereocenters. The fraction of sp³-hybridized carbons (Fsp3) is 0.286. The van der Waals surface area contributed by atoms with E-state index in [0.717, 1.165) is 16.5 Å². The fourth-order valence-electron chi connectivity index (χ4n) is 3.09. The lowest BCUT2D eigenvalue weighted by Gasteiger charge is -2.10. The first kappa shape index (κ1) is 20.6. The Kier molecular flexibility index (Phi) is 6.33. The molecule has 0 aliphatic rings. The van der Waals surface area contributed by atoms with E-state index in [4.69, 9.17) is 14.2 Å². The molecule has 3 aromatic rings. The van der Waals surface area contributed by atoms with E-state index < -0.39 is 5.97 Å². The highest BCUT2D eigenvalue weighted by atomic mass is 32.1. The van der Waals surface area contributed by atoms with E-state index in [1.54, 1.807) is 37.6 Å². The number of benzene rings is 1. The molecule has 8 heteroatoms. The number of carbonyl (C=O) groups excluding carboxylic acids is 2. The molecule has 0 aliphatic carbocycles. The topological polar surface area (TPSA) is 79.7 Å². The van der Waals surface area contributed by atoms with Crippen molar-refractivity contribution in [2.45, 2.75) is 20.3 Å². The number of aryl methyl sites for hydroxylation is 1. The maximum Gasteiger partial charge on any atom is 0.310 e. The third kappa shape index (κ3) is 4.48. The summed E-state index contributed by atoms with van der Waals surface area (Å²) < 4.78 is 17.6. The number of methoxy groups -OCH3 is 2. The van der Waals surface area contributed by atoms with Crippen molar-refractivity contribution in [2.75, 3.05) is 20.8 Å². The smallest absolute Gasteiger partial charge is 0.310 e. The molecule has 0 saturated carbocycles. The van der Waals surface area contributed by atoms with Crippen LogP contribution in [-0.4, -0.2) is 42.1 Å². The van der Waals surface area contributed by atoms with Crippen molar-refractivity contribution in [3.05, 3.63) is 58.4 Å². The summed E-state index contributed by atoms with van der Waals surface area (Å²) in [5, 5.41) is 2.67. The molecule has 2 aromatic heterocycles. The highest BCUT2D eigenvalue weighted by Crippen LogP contribution is 2.25. The highest BCUT2D eigenvalue weighted by Gasteiger charge is 2.19. The van der Waals surface area contributed by atoms with E-state index in [1.165, 1.54) is 18.4 Å². The lowest BCUT2D eigenvalue weighted by atomic mass is 10.1. The molecular formula is C21H22N2O5S. The monoisotopic (exact) mass is 414 g/mol. The Morgan fingerprint density at radius 2 is 1.93 bits per heavy atom. The molecule has 0 aliphatic heterocycles. The largest absolute Gasteiger partial charge is 0.497 e. The highest BCUT2D eigenvalue weighted by molar-refractivity contribution is 7.12. The first-order chi connectivity index (χ1) is 13.9. The van der Waals surface area contributed by atoms with E-state index >= 15 is 0 Å². The van der Waals surface area contributed by atoms with Crippen molar-refractivity contribution in [1.82, 2.24) is 9.55 Å². The molecule has 0 radical (unpaired) electrons. The number of hydrogen-bond acceptors (Lipinski definition) is 7. The summed E-state index contributed by atoms with van der Waals surface area (Å²) in [5.41, 5.74) is 2.85. The van der Waals surface area contributed by atoms with Crippen LogP contribution in [0.25, 0.3) is 5.13 Å². The van der Waals surface area contributed by atoms with Crippen molar-refractivity contribution < 1.29 is 23.8 Å². The zero-order valence-corrected chi connectivity index (χ0v) is 17.5.